The molecule has 0 aliphatic heterocycles. The van der Waals surface area contributed by atoms with E-state index >= 15 is 0 Å². The van der Waals surface area contributed by atoms with Crippen LogP contribution in [-0.2, 0) is 0 Å². The van der Waals surface area contributed by atoms with E-state index in [1.54, 1.807) is 18.2 Å². The molecule has 0 unspecified atom stereocenters. The molecule has 19 heavy (non-hydrogen) atoms. The lowest BCUT2D eigenvalue weighted by Crippen LogP contribution is -1.99. The molecule has 1 aromatic heterocycles. The van der Waals surface area contributed by atoms with Gasteiger partial charge in [0.25, 0.3) is 0 Å². The Labute approximate surface area is 111 Å². The first kappa shape index (κ1) is 12.9. The van der Waals surface area contributed by atoms with E-state index in [1.165, 1.54) is 7.11 Å². The van der Waals surface area contributed by atoms with Crippen molar-refractivity contribution >= 4 is 5.95 Å². The summed E-state index contributed by atoms with van der Waals surface area (Å²) in [6, 6.07) is 8.78. The van der Waals surface area contributed by atoms with Crippen LogP contribution in [0, 0.1) is 0 Å². The molecule has 0 aliphatic carbocycles. The summed E-state index contributed by atoms with van der Waals surface area (Å²) in [6.07, 6.45) is 0. The van der Waals surface area contributed by atoms with E-state index in [0.717, 1.165) is 5.75 Å². The first-order valence-corrected chi connectivity index (χ1v) is 5.80. The van der Waals surface area contributed by atoms with Gasteiger partial charge in [0, 0.05) is 0 Å². The third kappa shape index (κ3) is 3.48. The summed E-state index contributed by atoms with van der Waals surface area (Å²) in [6.45, 7) is 2.56. The van der Waals surface area contributed by atoms with Gasteiger partial charge in [-0.15, -0.1) is 0 Å². The standard InChI is InChI=1S/C13H15N3O3/c1-3-18-9-4-6-10(7-5-9)19-12-8-11(17-2)15-13(14)16-12/h4-8H,3H2,1-2H3,(H2,14,15,16). The second-order valence-electron chi connectivity index (χ2n) is 3.61. The molecule has 0 amide bonds. The summed E-state index contributed by atoms with van der Waals surface area (Å²) in [5.41, 5.74) is 5.55. The Hall–Kier alpha value is -2.50. The molecule has 2 N–H and O–H groups in total. The predicted molar refractivity (Wildman–Crippen MR) is 70.7 cm³/mol. The van der Waals surface area contributed by atoms with Crippen molar-refractivity contribution in [2.24, 2.45) is 0 Å². The lowest BCUT2D eigenvalue weighted by Gasteiger charge is -2.08. The molecular formula is C13H15N3O3. The largest absolute Gasteiger partial charge is 0.494 e. The van der Waals surface area contributed by atoms with Crippen LogP contribution in [0.5, 0.6) is 23.3 Å². The lowest BCUT2D eigenvalue weighted by molar-refractivity contribution is 0.339. The molecule has 0 bridgehead atoms. The zero-order chi connectivity index (χ0) is 13.7. The van der Waals surface area contributed by atoms with Gasteiger partial charge in [-0.1, -0.05) is 0 Å². The molecule has 2 aromatic rings. The molecule has 2 rings (SSSR count). The van der Waals surface area contributed by atoms with Crippen LogP contribution in [0.1, 0.15) is 6.92 Å². The van der Waals surface area contributed by atoms with Crippen molar-refractivity contribution in [3.63, 3.8) is 0 Å². The normalized spacial score (nSPS) is 10.0. The van der Waals surface area contributed by atoms with Crippen LogP contribution in [0.2, 0.25) is 0 Å². The fourth-order valence-electron chi connectivity index (χ4n) is 1.47. The third-order valence-corrected chi connectivity index (χ3v) is 2.26. The van der Waals surface area contributed by atoms with Gasteiger partial charge in [-0.2, -0.15) is 9.97 Å². The number of nitrogens with zero attached hydrogens (tertiary/aromatic N) is 2. The molecule has 6 heteroatoms. The van der Waals surface area contributed by atoms with Gasteiger partial charge in [-0.05, 0) is 31.2 Å². The minimum Gasteiger partial charge on any atom is -0.494 e. The highest BCUT2D eigenvalue weighted by Crippen LogP contribution is 2.24. The second kappa shape index (κ2) is 5.90. The van der Waals surface area contributed by atoms with E-state index in [4.69, 9.17) is 19.9 Å². The Bertz CT molecular complexity index is 543. The van der Waals surface area contributed by atoms with E-state index < -0.39 is 0 Å². The first-order chi connectivity index (χ1) is 9.21. The highest BCUT2D eigenvalue weighted by molar-refractivity contribution is 5.36. The SMILES string of the molecule is CCOc1ccc(Oc2cc(OC)nc(N)n2)cc1. The molecule has 0 atom stereocenters. The maximum atomic E-state index is 5.57. The topological polar surface area (TPSA) is 79.5 Å². The molecule has 0 fully saturated rings. The number of ether oxygens (including phenoxy) is 3. The minimum absolute atomic E-state index is 0.0975. The van der Waals surface area contributed by atoms with Gasteiger partial charge in [-0.3, -0.25) is 0 Å². The van der Waals surface area contributed by atoms with Crippen LogP contribution in [0.15, 0.2) is 30.3 Å². The average molecular weight is 261 g/mol. The van der Waals surface area contributed by atoms with Gasteiger partial charge in [0.05, 0.1) is 19.8 Å². The monoisotopic (exact) mass is 261 g/mol. The van der Waals surface area contributed by atoms with Crippen molar-refractivity contribution in [3.05, 3.63) is 30.3 Å². The van der Waals surface area contributed by atoms with E-state index in [2.05, 4.69) is 9.97 Å². The van der Waals surface area contributed by atoms with E-state index in [9.17, 15) is 0 Å². The number of aromatic nitrogens is 2. The van der Waals surface area contributed by atoms with Gasteiger partial charge in [0.1, 0.15) is 11.5 Å². The fourth-order valence-corrected chi connectivity index (χ4v) is 1.47. The number of methoxy groups -OCH3 is 1. The molecule has 0 aliphatic rings. The van der Waals surface area contributed by atoms with E-state index in [1.807, 2.05) is 19.1 Å². The fraction of sp³-hybridized carbons (Fsp3) is 0.231. The van der Waals surface area contributed by atoms with Crippen LogP contribution in [0.4, 0.5) is 5.95 Å². The Morgan fingerprint density at radius 3 is 2.32 bits per heavy atom. The Kier molecular flexibility index (Phi) is 4.02. The van der Waals surface area contributed by atoms with E-state index in [-0.39, 0.29) is 5.95 Å². The van der Waals surface area contributed by atoms with Crippen LogP contribution in [0.3, 0.4) is 0 Å². The highest BCUT2D eigenvalue weighted by atomic mass is 16.5. The lowest BCUT2D eigenvalue weighted by atomic mass is 10.3. The second-order valence-corrected chi connectivity index (χ2v) is 3.61. The Balaban J connectivity index is 2.14. The molecule has 0 radical (unpaired) electrons. The molecule has 6 nitrogen and oxygen atoms in total. The molecular weight excluding hydrogens is 246 g/mol. The van der Waals surface area contributed by atoms with Crippen LogP contribution in [-0.4, -0.2) is 23.7 Å². The Morgan fingerprint density at radius 2 is 1.68 bits per heavy atom. The van der Waals surface area contributed by atoms with Crippen LogP contribution in [0.25, 0.3) is 0 Å². The maximum Gasteiger partial charge on any atom is 0.227 e. The number of nitrogen functional groups attached to an aromatic ring is 1. The Morgan fingerprint density at radius 1 is 1.05 bits per heavy atom. The number of hydrogen-bond acceptors (Lipinski definition) is 6. The van der Waals surface area contributed by atoms with E-state index in [0.29, 0.717) is 24.1 Å². The van der Waals surface area contributed by atoms with Gasteiger partial charge in [-0.25, -0.2) is 0 Å². The molecule has 0 saturated heterocycles. The number of hydrogen-bond donors (Lipinski definition) is 1. The number of benzene rings is 1. The van der Waals surface area contributed by atoms with Crippen LogP contribution >= 0.6 is 0 Å². The van der Waals surface area contributed by atoms with Crippen molar-refractivity contribution in [2.45, 2.75) is 6.92 Å². The summed E-state index contributed by atoms with van der Waals surface area (Å²) < 4.78 is 15.9. The first-order valence-electron chi connectivity index (χ1n) is 5.80. The summed E-state index contributed by atoms with van der Waals surface area (Å²) in [5, 5.41) is 0. The van der Waals surface area contributed by atoms with Crippen molar-refractivity contribution in [2.75, 3.05) is 19.5 Å². The molecule has 1 heterocycles. The molecule has 0 spiro atoms. The minimum atomic E-state index is 0.0975. The summed E-state index contributed by atoms with van der Waals surface area (Å²) in [5.74, 6) is 2.19. The van der Waals surface area contributed by atoms with Gasteiger partial charge in [0.15, 0.2) is 0 Å². The molecule has 0 saturated carbocycles. The van der Waals surface area contributed by atoms with Crippen molar-refractivity contribution in [3.8, 4) is 23.3 Å². The van der Waals surface area contributed by atoms with Crippen molar-refractivity contribution in [1.82, 2.24) is 9.97 Å². The van der Waals surface area contributed by atoms with Gasteiger partial charge < -0.3 is 19.9 Å². The quantitative estimate of drug-likeness (QED) is 0.889. The smallest absolute Gasteiger partial charge is 0.227 e. The molecule has 100 valence electrons. The number of anilines is 1. The number of nitrogens with two attached hydrogens (primary N) is 1. The van der Waals surface area contributed by atoms with Crippen molar-refractivity contribution in [1.29, 1.82) is 0 Å². The van der Waals surface area contributed by atoms with Gasteiger partial charge >= 0.3 is 0 Å². The molecule has 1 aromatic carbocycles. The average Bonchev–Trinajstić information content (AvgIpc) is 2.40. The maximum absolute atomic E-state index is 5.57. The zero-order valence-electron chi connectivity index (χ0n) is 10.8. The highest BCUT2D eigenvalue weighted by Gasteiger charge is 2.05. The number of rotatable bonds is 5. The van der Waals surface area contributed by atoms with Crippen molar-refractivity contribution < 1.29 is 14.2 Å². The summed E-state index contributed by atoms with van der Waals surface area (Å²) in [4.78, 5) is 7.85. The zero-order valence-corrected chi connectivity index (χ0v) is 10.8. The van der Waals surface area contributed by atoms with Gasteiger partial charge in [0.2, 0.25) is 17.7 Å². The summed E-state index contributed by atoms with van der Waals surface area (Å²) in [7, 11) is 1.50. The summed E-state index contributed by atoms with van der Waals surface area (Å²) >= 11 is 0. The predicted octanol–water partition coefficient (Wildman–Crippen LogP) is 2.26. The van der Waals surface area contributed by atoms with Crippen LogP contribution < -0.4 is 19.9 Å². The third-order valence-electron chi connectivity index (χ3n) is 2.26.